The quantitative estimate of drug-likeness (QED) is 0.514. The number of halogens is 1. The SMILES string of the molecule is CC(C)(C)C/C(=C\C(=O)O)c1ccc(Cl)c([N+](=O)[O-])c1. The fourth-order valence-electron chi connectivity index (χ4n) is 1.81. The Morgan fingerprint density at radius 3 is 2.50 bits per heavy atom. The Morgan fingerprint density at radius 1 is 1.45 bits per heavy atom. The molecule has 0 spiro atoms. The topological polar surface area (TPSA) is 80.4 Å². The van der Waals surface area contributed by atoms with E-state index < -0.39 is 10.9 Å². The summed E-state index contributed by atoms with van der Waals surface area (Å²) in [6.07, 6.45) is 1.57. The minimum Gasteiger partial charge on any atom is -0.478 e. The molecule has 1 aromatic rings. The number of carboxylic acids is 1. The van der Waals surface area contributed by atoms with E-state index in [1.807, 2.05) is 20.8 Å². The molecule has 1 rings (SSSR count). The molecule has 0 atom stereocenters. The predicted molar refractivity (Wildman–Crippen MR) is 77.8 cm³/mol. The molecule has 0 aliphatic heterocycles. The smallest absolute Gasteiger partial charge is 0.328 e. The standard InChI is InChI=1S/C14H16ClNO4/c1-14(2,3)8-10(7-13(17)18)9-4-5-11(15)12(6-9)16(19)20/h4-7H,8H2,1-3H3,(H,17,18)/b10-7+. The lowest BCUT2D eigenvalue weighted by molar-refractivity contribution is -0.384. The van der Waals surface area contributed by atoms with Crippen LogP contribution in [-0.2, 0) is 4.79 Å². The Bertz CT molecular complexity index is 573. The highest BCUT2D eigenvalue weighted by atomic mass is 35.5. The summed E-state index contributed by atoms with van der Waals surface area (Å²) in [5.74, 6) is -1.08. The second kappa shape index (κ2) is 6.05. The molecule has 0 saturated carbocycles. The van der Waals surface area contributed by atoms with Crippen molar-refractivity contribution in [1.82, 2.24) is 0 Å². The summed E-state index contributed by atoms with van der Waals surface area (Å²) in [5.41, 5.74) is 0.660. The van der Waals surface area contributed by atoms with E-state index in [0.29, 0.717) is 17.6 Å². The largest absolute Gasteiger partial charge is 0.478 e. The summed E-state index contributed by atoms with van der Waals surface area (Å²) < 4.78 is 0. The average molecular weight is 298 g/mol. The van der Waals surface area contributed by atoms with E-state index in [4.69, 9.17) is 16.7 Å². The van der Waals surface area contributed by atoms with Crippen molar-refractivity contribution in [2.45, 2.75) is 27.2 Å². The van der Waals surface area contributed by atoms with Crippen LogP contribution in [0.5, 0.6) is 0 Å². The summed E-state index contributed by atoms with van der Waals surface area (Å²) in [6, 6.07) is 4.31. The molecule has 0 radical (unpaired) electrons. The van der Waals surface area contributed by atoms with Gasteiger partial charge in [0.2, 0.25) is 0 Å². The van der Waals surface area contributed by atoms with Crippen LogP contribution < -0.4 is 0 Å². The van der Waals surface area contributed by atoms with E-state index in [1.54, 1.807) is 6.07 Å². The molecule has 0 aliphatic rings. The zero-order valence-corrected chi connectivity index (χ0v) is 12.3. The van der Waals surface area contributed by atoms with Crippen LogP contribution in [0, 0.1) is 15.5 Å². The number of benzene rings is 1. The molecule has 0 bridgehead atoms. The molecule has 0 aliphatic carbocycles. The fourth-order valence-corrected chi connectivity index (χ4v) is 2.00. The molecule has 6 heteroatoms. The van der Waals surface area contributed by atoms with Gasteiger partial charge in [0.25, 0.3) is 5.69 Å². The number of aliphatic carboxylic acids is 1. The Balaban J connectivity index is 3.32. The van der Waals surface area contributed by atoms with Crippen LogP contribution in [0.2, 0.25) is 5.02 Å². The number of carboxylic acid groups (broad SMARTS) is 1. The third-order valence-electron chi connectivity index (χ3n) is 2.53. The molecular weight excluding hydrogens is 282 g/mol. The third-order valence-corrected chi connectivity index (χ3v) is 2.85. The van der Waals surface area contributed by atoms with Gasteiger partial charge < -0.3 is 5.11 Å². The lowest BCUT2D eigenvalue weighted by atomic mass is 9.85. The normalized spacial score (nSPS) is 12.3. The van der Waals surface area contributed by atoms with Crippen molar-refractivity contribution in [3.05, 3.63) is 45.0 Å². The first-order chi connectivity index (χ1) is 9.10. The highest BCUT2D eigenvalue weighted by molar-refractivity contribution is 6.32. The molecule has 20 heavy (non-hydrogen) atoms. The fraction of sp³-hybridized carbons (Fsp3) is 0.357. The van der Waals surface area contributed by atoms with E-state index in [2.05, 4.69) is 0 Å². The van der Waals surface area contributed by atoms with Crippen molar-refractivity contribution in [2.75, 3.05) is 0 Å². The van der Waals surface area contributed by atoms with Crippen molar-refractivity contribution in [1.29, 1.82) is 0 Å². The molecule has 0 amide bonds. The third kappa shape index (κ3) is 4.66. The maximum Gasteiger partial charge on any atom is 0.328 e. The lowest BCUT2D eigenvalue weighted by Gasteiger charge is -2.20. The van der Waals surface area contributed by atoms with Crippen LogP contribution in [0.1, 0.15) is 32.8 Å². The second-order valence-corrected chi connectivity index (χ2v) is 6.08. The molecule has 0 aromatic heterocycles. The number of nitro benzene ring substituents is 1. The summed E-state index contributed by atoms with van der Waals surface area (Å²) >= 11 is 5.76. The number of hydrogen-bond donors (Lipinski definition) is 1. The van der Waals surface area contributed by atoms with Gasteiger partial charge in [-0.15, -0.1) is 0 Å². The van der Waals surface area contributed by atoms with Gasteiger partial charge in [0.1, 0.15) is 5.02 Å². The van der Waals surface area contributed by atoms with Gasteiger partial charge in [-0.25, -0.2) is 4.79 Å². The van der Waals surface area contributed by atoms with Crippen LogP contribution in [0.15, 0.2) is 24.3 Å². The monoisotopic (exact) mass is 297 g/mol. The minimum absolute atomic E-state index is 0.0317. The predicted octanol–water partition coefficient (Wildman–Crippen LogP) is 4.15. The Morgan fingerprint density at radius 2 is 2.05 bits per heavy atom. The number of rotatable bonds is 4. The number of carbonyl (C=O) groups is 1. The lowest BCUT2D eigenvalue weighted by Crippen LogP contribution is -2.07. The van der Waals surface area contributed by atoms with Gasteiger partial charge in [0, 0.05) is 12.1 Å². The van der Waals surface area contributed by atoms with Gasteiger partial charge in [0.05, 0.1) is 4.92 Å². The molecule has 0 fully saturated rings. The Hall–Kier alpha value is -1.88. The summed E-state index contributed by atoms with van der Waals surface area (Å²) in [6.45, 7) is 5.90. The van der Waals surface area contributed by atoms with Crippen LogP contribution in [0.4, 0.5) is 5.69 Å². The zero-order chi connectivity index (χ0) is 15.5. The molecule has 1 aromatic carbocycles. The first kappa shape index (κ1) is 16.2. The molecule has 0 unspecified atom stereocenters. The van der Waals surface area contributed by atoms with Gasteiger partial charge in [-0.2, -0.15) is 0 Å². The van der Waals surface area contributed by atoms with Gasteiger partial charge in [-0.05, 0) is 29.0 Å². The van der Waals surface area contributed by atoms with Crippen LogP contribution in [0.25, 0.3) is 5.57 Å². The van der Waals surface area contributed by atoms with Crippen LogP contribution in [-0.4, -0.2) is 16.0 Å². The molecule has 0 heterocycles. The molecular formula is C14H16ClNO4. The minimum atomic E-state index is -1.08. The number of hydrogen-bond acceptors (Lipinski definition) is 3. The van der Waals surface area contributed by atoms with Gasteiger partial charge in [0.15, 0.2) is 0 Å². The first-order valence-corrected chi connectivity index (χ1v) is 6.36. The maximum atomic E-state index is 10.9. The highest BCUT2D eigenvalue weighted by Crippen LogP contribution is 2.34. The second-order valence-electron chi connectivity index (χ2n) is 5.67. The van der Waals surface area contributed by atoms with Crippen LogP contribution >= 0.6 is 11.6 Å². The van der Waals surface area contributed by atoms with E-state index in [1.165, 1.54) is 12.1 Å². The maximum absolute atomic E-state index is 10.9. The summed E-state index contributed by atoms with van der Waals surface area (Å²) in [4.78, 5) is 21.2. The molecule has 108 valence electrons. The molecule has 0 saturated heterocycles. The van der Waals surface area contributed by atoms with Crippen molar-refractivity contribution in [2.24, 2.45) is 5.41 Å². The number of nitro groups is 1. The van der Waals surface area contributed by atoms with Crippen molar-refractivity contribution < 1.29 is 14.8 Å². The number of allylic oxidation sites excluding steroid dienone is 1. The Labute approximate surface area is 122 Å². The first-order valence-electron chi connectivity index (χ1n) is 5.98. The average Bonchev–Trinajstić information content (AvgIpc) is 2.25. The van der Waals surface area contributed by atoms with E-state index in [9.17, 15) is 14.9 Å². The van der Waals surface area contributed by atoms with Crippen molar-refractivity contribution in [3.63, 3.8) is 0 Å². The van der Waals surface area contributed by atoms with Gasteiger partial charge in [-0.1, -0.05) is 38.4 Å². The van der Waals surface area contributed by atoms with E-state index in [-0.39, 0.29) is 16.1 Å². The van der Waals surface area contributed by atoms with E-state index in [0.717, 1.165) is 6.08 Å². The van der Waals surface area contributed by atoms with Crippen molar-refractivity contribution >= 4 is 28.8 Å². The van der Waals surface area contributed by atoms with Crippen LogP contribution in [0.3, 0.4) is 0 Å². The highest BCUT2D eigenvalue weighted by Gasteiger charge is 2.19. The molecule has 1 N–H and O–H groups in total. The van der Waals surface area contributed by atoms with E-state index >= 15 is 0 Å². The van der Waals surface area contributed by atoms with Gasteiger partial charge >= 0.3 is 5.97 Å². The van der Waals surface area contributed by atoms with Crippen molar-refractivity contribution in [3.8, 4) is 0 Å². The number of nitrogens with zero attached hydrogens (tertiary/aromatic N) is 1. The zero-order valence-electron chi connectivity index (χ0n) is 11.5. The van der Waals surface area contributed by atoms with Gasteiger partial charge in [-0.3, -0.25) is 10.1 Å². The summed E-state index contributed by atoms with van der Waals surface area (Å²) in [5, 5.41) is 19.9. The molecule has 5 nitrogen and oxygen atoms in total. The Kier molecular flexibility index (Phi) is 4.89. The summed E-state index contributed by atoms with van der Waals surface area (Å²) in [7, 11) is 0.